The van der Waals surface area contributed by atoms with E-state index in [0.29, 0.717) is 0 Å². The summed E-state index contributed by atoms with van der Waals surface area (Å²) < 4.78 is 12.1. The van der Waals surface area contributed by atoms with Crippen molar-refractivity contribution in [3.05, 3.63) is 53.0 Å². The SMILES string of the molecule is CCOC(=O)c1nn2c(c1OCc1ccccc1)C(=O)N(C)C(=C=O)C2. The lowest BCUT2D eigenvalue weighted by Crippen LogP contribution is -2.36. The molecule has 3 rings (SSSR count). The number of rotatable bonds is 5. The normalized spacial score (nSPS) is 13.2. The standard InChI is InChI=1S/C18H17N3O5/c1-3-25-18(24)14-16(26-11-12-7-5-4-6-8-12)15-17(23)20(2)13(10-22)9-21(15)19-14/h4-8H,3,9,11H2,1-2H3. The maximum absolute atomic E-state index is 12.6. The molecule has 1 amide bonds. The number of nitrogens with zero attached hydrogens (tertiary/aromatic N) is 3. The molecule has 0 unspecified atom stereocenters. The van der Waals surface area contributed by atoms with Crippen LogP contribution in [0.4, 0.5) is 0 Å². The Morgan fingerprint density at radius 2 is 2.04 bits per heavy atom. The zero-order valence-electron chi connectivity index (χ0n) is 14.4. The highest BCUT2D eigenvalue weighted by atomic mass is 16.5. The van der Waals surface area contributed by atoms with Gasteiger partial charge in [0.05, 0.1) is 13.2 Å². The highest BCUT2D eigenvalue weighted by Gasteiger charge is 2.36. The first-order chi connectivity index (χ1) is 12.6. The van der Waals surface area contributed by atoms with E-state index in [2.05, 4.69) is 5.10 Å². The number of aromatic nitrogens is 2. The van der Waals surface area contributed by atoms with Crippen molar-refractivity contribution in [3.63, 3.8) is 0 Å². The van der Waals surface area contributed by atoms with Gasteiger partial charge in [-0.2, -0.15) is 5.10 Å². The molecular formula is C18H17N3O5. The molecule has 1 aliphatic rings. The van der Waals surface area contributed by atoms with Gasteiger partial charge in [0, 0.05) is 7.05 Å². The molecule has 0 N–H and O–H groups in total. The summed E-state index contributed by atoms with van der Waals surface area (Å²) in [6.07, 6.45) is 0. The van der Waals surface area contributed by atoms with Crippen molar-refractivity contribution >= 4 is 17.8 Å². The van der Waals surface area contributed by atoms with Crippen LogP contribution in [-0.4, -0.2) is 46.2 Å². The van der Waals surface area contributed by atoms with Crippen molar-refractivity contribution in [3.8, 4) is 5.75 Å². The average molecular weight is 355 g/mol. The molecule has 0 fully saturated rings. The Morgan fingerprint density at radius 3 is 2.69 bits per heavy atom. The minimum Gasteiger partial charge on any atom is -0.484 e. The Balaban J connectivity index is 2.03. The maximum Gasteiger partial charge on any atom is 0.362 e. The lowest BCUT2D eigenvalue weighted by Gasteiger charge is -2.24. The van der Waals surface area contributed by atoms with Gasteiger partial charge < -0.3 is 14.4 Å². The fourth-order valence-corrected chi connectivity index (χ4v) is 2.60. The van der Waals surface area contributed by atoms with Gasteiger partial charge in [-0.05, 0) is 12.5 Å². The summed E-state index contributed by atoms with van der Waals surface area (Å²) in [5.41, 5.74) is 1.000. The summed E-state index contributed by atoms with van der Waals surface area (Å²) in [6, 6.07) is 9.32. The molecule has 2 heterocycles. The molecule has 1 aromatic heterocycles. The molecule has 0 saturated carbocycles. The quantitative estimate of drug-likeness (QED) is 0.595. The van der Waals surface area contributed by atoms with E-state index >= 15 is 0 Å². The van der Waals surface area contributed by atoms with Crippen molar-refractivity contribution in [2.45, 2.75) is 20.1 Å². The summed E-state index contributed by atoms with van der Waals surface area (Å²) >= 11 is 0. The Hall–Kier alpha value is -3.38. The molecule has 0 atom stereocenters. The van der Waals surface area contributed by atoms with Crippen LogP contribution in [0.25, 0.3) is 0 Å². The van der Waals surface area contributed by atoms with Crippen LogP contribution in [0.2, 0.25) is 0 Å². The zero-order valence-corrected chi connectivity index (χ0v) is 14.4. The first kappa shape index (κ1) is 17.4. The van der Waals surface area contributed by atoms with E-state index in [1.54, 1.807) is 12.9 Å². The molecule has 26 heavy (non-hydrogen) atoms. The van der Waals surface area contributed by atoms with Gasteiger partial charge >= 0.3 is 5.97 Å². The van der Waals surface area contributed by atoms with E-state index in [0.717, 1.165) is 5.56 Å². The van der Waals surface area contributed by atoms with Gasteiger partial charge in [0.15, 0.2) is 11.4 Å². The number of ether oxygens (including phenoxy) is 2. The van der Waals surface area contributed by atoms with Gasteiger partial charge in [0.1, 0.15) is 18.2 Å². The van der Waals surface area contributed by atoms with Crippen LogP contribution in [0.3, 0.4) is 0 Å². The number of fused-ring (bicyclic) bond motifs is 1. The molecule has 0 spiro atoms. The van der Waals surface area contributed by atoms with Gasteiger partial charge in [0.2, 0.25) is 5.69 Å². The molecule has 8 heteroatoms. The molecule has 1 aromatic carbocycles. The summed E-state index contributed by atoms with van der Waals surface area (Å²) in [7, 11) is 1.46. The molecule has 0 bridgehead atoms. The van der Waals surface area contributed by atoms with Crippen molar-refractivity contribution in [1.29, 1.82) is 0 Å². The fourth-order valence-electron chi connectivity index (χ4n) is 2.60. The second kappa shape index (κ2) is 7.25. The van der Waals surface area contributed by atoms with E-state index in [1.807, 2.05) is 30.3 Å². The molecule has 2 aromatic rings. The number of allylic oxidation sites excluding steroid dienone is 1. The summed E-state index contributed by atoms with van der Waals surface area (Å²) in [5.74, 6) is 0.580. The average Bonchev–Trinajstić information content (AvgIpc) is 3.02. The van der Waals surface area contributed by atoms with Crippen LogP contribution < -0.4 is 4.74 Å². The van der Waals surface area contributed by atoms with Crippen LogP contribution in [-0.2, 0) is 22.7 Å². The number of esters is 1. The Morgan fingerprint density at radius 1 is 1.31 bits per heavy atom. The highest BCUT2D eigenvalue weighted by molar-refractivity contribution is 6.02. The van der Waals surface area contributed by atoms with Crippen LogP contribution in [0.15, 0.2) is 36.0 Å². The molecule has 134 valence electrons. The topological polar surface area (TPSA) is 90.7 Å². The van der Waals surface area contributed by atoms with Crippen molar-refractivity contribution in [2.24, 2.45) is 0 Å². The monoisotopic (exact) mass is 355 g/mol. The van der Waals surface area contributed by atoms with Gasteiger partial charge in [0.25, 0.3) is 5.91 Å². The second-order valence-corrected chi connectivity index (χ2v) is 5.59. The van der Waals surface area contributed by atoms with Crippen molar-refractivity contribution < 1.29 is 23.9 Å². The first-order valence-electron chi connectivity index (χ1n) is 8.03. The van der Waals surface area contributed by atoms with Crippen LogP contribution in [0.1, 0.15) is 33.5 Å². The third kappa shape index (κ3) is 3.10. The Kier molecular flexibility index (Phi) is 4.86. The molecule has 0 radical (unpaired) electrons. The number of carbonyl (C=O) groups excluding carboxylic acids is 3. The smallest absolute Gasteiger partial charge is 0.362 e. The van der Waals surface area contributed by atoms with Crippen LogP contribution in [0.5, 0.6) is 5.75 Å². The number of hydrogen-bond donors (Lipinski definition) is 0. The van der Waals surface area contributed by atoms with Crippen LogP contribution in [0, 0.1) is 0 Å². The lowest BCUT2D eigenvalue weighted by molar-refractivity contribution is 0.0513. The first-order valence-corrected chi connectivity index (χ1v) is 8.03. The van der Waals surface area contributed by atoms with Gasteiger partial charge in [-0.1, -0.05) is 30.3 Å². The molecule has 0 saturated heterocycles. The lowest BCUT2D eigenvalue weighted by atomic mass is 10.2. The van der Waals surface area contributed by atoms with Crippen molar-refractivity contribution in [2.75, 3.05) is 13.7 Å². The molecule has 8 nitrogen and oxygen atoms in total. The minimum atomic E-state index is -0.690. The largest absolute Gasteiger partial charge is 0.484 e. The van der Waals surface area contributed by atoms with E-state index in [4.69, 9.17) is 9.47 Å². The number of carbonyl (C=O) groups is 2. The predicted molar refractivity (Wildman–Crippen MR) is 90.3 cm³/mol. The highest BCUT2D eigenvalue weighted by Crippen LogP contribution is 2.31. The zero-order chi connectivity index (χ0) is 18.7. The number of likely N-dealkylation sites (N-methyl/N-ethyl adjacent to an activating group) is 1. The molecular weight excluding hydrogens is 338 g/mol. The van der Waals surface area contributed by atoms with E-state index in [-0.39, 0.29) is 42.6 Å². The van der Waals surface area contributed by atoms with E-state index < -0.39 is 11.9 Å². The third-order valence-electron chi connectivity index (χ3n) is 3.93. The number of amides is 1. The predicted octanol–water partition coefficient (Wildman–Crippen LogP) is 1.44. The number of hydrogen-bond acceptors (Lipinski definition) is 6. The third-order valence-corrected chi connectivity index (χ3v) is 3.93. The second-order valence-electron chi connectivity index (χ2n) is 5.59. The Bertz CT molecular complexity index is 897. The fraction of sp³-hybridized carbons (Fsp3) is 0.278. The number of benzene rings is 1. The van der Waals surface area contributed by atoms with Gasteiger partial charge in [-0.25, -0.2) is 14.3 Å². The minimum absolute atomic E-state index is 0.0160. The summed E-state index contributed by atoms with van der Waals surface area (Å²) in [4.78, 5) is 37.1. The van der Waals surface area contributed by atoms with Gasteiger partial charge in [-0.15, -0.1) is 0 Å². The molecule has 1 aliphatic heterocycles. The van der Waals surface area contributed by atoms with E-state index in [1.165, 1.54) is 16.6 Å². The summed E-state index contributed by atoms with van der Waals surface area (Å²) in [5, 5.41) is 4.13. The summed E-state index contributed by atoms with van der Waals surface area (Å²) in [6.45, 7) is 2.00. The molecule has 0 aliphatic carbocycles. The Labute approximate surface area is 149 Å². The van der Waals surface area contributed by atoms with Gasteiger partial charge in [-0.3, -0.25) is 4.79 Å². The van der Waals surface area contributed by atoms with E-state index in [9.17, 15) is 14.4 Å². The maximum atomic E-state index is 12.6. The van der Waals surface area contributed by atoms with Crippen LogP contribution >= 0.6 is 0 Å². The van der Waals surface area contributed by atoms with Crippen molar-refractivity contribution in [1.82, 2.24) is 14.7 Å².